The SMILES string of the molecule is CC1(C)CC(=O)C(/C=N/Nc2ccc(C(=O)O)cc2)=C(O)C1. The van der Waals surface area contributed by atoms with Crippen LogP contribution in [-0.2, 0) is 4.79 Å². The molecule has 116 valence electrons. The zero-order valence-corrected chi connectivity index (χ0v) is 12.5. The number of carboxylic acids is 1. The molecule has 0 unspecified atom stereocenters. The lowest BCUT2D eigenvalue weighted by Gasteiger charge is -2.28. The summed E-state index contributed by atoms with van der Waals surface area (Å²) in [4.78, 5) is 22.7. The molecule has 0 atom stereocenters. The zero-order chi connectivity index (χ0) is 16.3. The van der Waals surface area contributed by atoms with Crippen LogP contribution in [0.25, 0.3) is 0 Å². The van der Waals surface area contributed by atoms with E-state index in [1.165, 1.54) is 18.3 Å². The second kappa shape index (κ2) is 6.01. The standard InChI is InChI=1S/C16H18N2O4/c1-16(2)7-13(19)12(14(20)8-16)9-17-18-11-5-3-10(4-6-11)15(21)22/h3-6,9,18-19H,7-8H2,1-2H3,(H,21,22)/b17-9+. The van der Waals surface area contributed by atoms with E-state index < -0.39 is 5.97 Å². The molecule has 0 bridgehead atoms. The fourth-order valence-corrected chi connectivity index (χ4v) is 2.31. The maximum atomic E-state index is 12.0. The van der Waals surface area contributed by atoms with Crippen LogP contribution in [0.4, 0.5) is 5.69 Å². The van der Waals surface area contributed by atoms with Crippen LogP contribution in [0.1, 0.15) is 37.0 Å². The van der Waals surface area contributed by atoms with Gasteiger partial charge in [-0.3, -0.25) is 10.2 Å². The van der Waals surface area contributed by atoms with E-state index in [4.69, 9.17) is 5.11 Å². The number of hydrazone groups is 1. The summed E-state index contributed by atoms with van der Waals surface area (Å²) in [6.45, 7) is 3.86. The first kappa shape index (κ1) is 15.8. The molecule has 3 N–H and O–H groups in total. The molecule has 0 aliphatic heterocycles. The van der Waals surface area contributed by atoms with Crippen molar-refractivity contribution in [3.05, 3.63) is 41.2 Å². The summed E-state index contributed by atoms with van der Waals surface area (Å²) in [5, 5.41) is 22.7. The monoisotopic (exact) mass is 302 g/mol. The number of nitrogens with one attached hydrogen (secondary N) is 1. The van der Waals surface area contributed by atoms with Crippen molar-refractivity contribution in [2.45, 2.75) is 26.7 Å². The number of allylic oxidation sites excluding steroid dienone is 2. The summed E-state index contributed by atoms with van der Waals surface area (Å²) in [7, 11) is 0. The molecule has 0 spiro atoms. The fraction of sp³-hybridized carbons (Fsp3) is 0.312. The van der Waals surface area contributed by atoms with Gasteiger partial charge in [0.2, 0.25) is 0 Å². The Hall–Kier alpha value is -2.63. The third-order valence-electron chi connectivity index (χ3n) is 3.42. The van der Waals surface area contributed by atoms with Gasteiger partial charge in [0, 0.05) is 12.8 Å². The Balaban J connectivity index is 2.06. The fourth-order valence-electron chi connectivity index (χ4n) is 2.31. The number of rotatable bonds is 4. The number of anilines is 1. The average Bonchev–Trinajstić information content (AvgIpc) is 2.41. The van der Waals surface area contributed by atoms with E-state index in [1.54, 1.807) is 12.1 Å². The van der Waals surface area contributed by atoms with Crippen LogP contribution < -0.4 is 5.43 Å². The van der Waals surface area contributed by atoms with Gasteiger partial charge < -0.3 is 10.2 Å². The van der Waals surface area contributed by atoms with Crippen molar-refractivity contribution in [3.63, 3.8) is 0 Å². The van der Waals surface area contributed by atoms with E-state index in [1.807, 2.05) is 13.8 Å². The number of nitrogens with zero attached hydrogens (tertiary/aromatic N) is 1. The molecule has 0 radical (unpaired) electrons. The minimum Gasteiger partial charge on any atom is -0.511 e. The molecule has 0 heterocycles. The Morgan fingerprint density at radius 2 is 1.91 bits per heavy atom. The summed E-state index contributed by atoms with van der Waals surface area (Å²) in [6, 6.07) is 6.04. The maximum absolute atomic E-state index is 12.0. The summed E-state index contributed by atoms with van der Waals surface area (Å²) in [5.74, 6) is -1.09. The predicted octanol–water partition coefficient (Wildman–Crippen LogP) is 2.98. The van der Waals surface area contributed by atoms with Crippen LogP contribution in [0.5, 0.6) is 0 Å². The van der Waals surface area contributed by atoms with E-state index in [0.717, 1.165) is 0 Å². The summed E-state index contributed by atoms with van der Waals surface area (Å²) in [6.07, 6.45) is 2.11. The molecule has 0 saturated heterocycles. The van der Waals surface area contributed by atoms with E-state index in [9.17, 15) is 14.7 Å². The highest BCUT2D eigenvalue weighted by molar-refractivity contribution is 6.14. The molecule has 1 aromatic rings. The smallest absolute Gasteiger partial charge is 0.335 e. The highest BCUT2D eigenvalue weighted by Crippen LogP contribution is 2.35. The molecular weight excluding hydrogens is 284 g/mol. The molecule has 1 aromatic carbocycles. The predicted molar refractivity (Wildman–Crippen MR) is 83.2 cm³/mol. The topological polar surface area (TPSA) is 99.0 Å². The van der Waals surface area contributed by atoms with Gasteiger partial charge in [-0.25, -0.2) is 4.79 Å². The van der Waals surface area contributed by atoms with Gasteiger partial charge in [-0.2, -0.15) is 5.10 Å². The second-order valence-electron chi connectivity index (χ2n) is 6.05. The minimum atomic E-state index is -0.999. The first-order valence-corrected chi connectivity index (χ1v) is 6.86. The van der Waals surface area contributed by atoms with Crippen LogP contribution in [-0.4, -0.2) is 28.2 Å². The van der Waals surface area contributed by atoms with Crippen molar-refractivity contribution < 1.29 is 19.8 Å². The van der Waals surface area contributed by atoms with E-state index in [-0.39, 0.29) is 28.1 Å². The number of hydrogen-bond acceptors (Lipinski definition) is 5. The molecule has 0 saturated carbocycles. The minimum absolute atomic E-state index is 0.0491. The van der Waals surface area contributed by atoms with Gasteiger partial charge in [0.05, 0.1) is 23.0 Å². The molecule has 6 heteroatoms. The van der Waals surface area contributed by atoms with Crippen LogP contribution in [0, 0.1) is 5.41 Å². The first-order chi connectivity index (χ1) is 10.3. The molecule has 0 aromatic heterocycles. The quantitative estimate of drug-likeness (QED) is 0.586. The lowest BCUT2D eigenvalue weighted by atomic mass is 9.77. The van der Waals surface area contributed by atoms with Crippen molar-refractivity contribution >= 4 is 23.7 Å². The summed E-state index contributed by atoms with van der Waals surface area (Å²) in [5.41, 5.74) is 3.45. The van der Waals surface area contributed by atoms with Crippen LogP contribution in [0.2, 0.25) is 0 Å². The van der Waals surface area contributed by atoms with Crippen molar-refractivity contribution in [1.82, 2.24) is 0 Å². The van der Waals surface area contributed by atoms with Gasteiger partial charge in [-0.05, 0) is 29.7 Å². The number of benzene rings is 1. The van der Waals surface area contributed by atoms with Crippen molar-refractivity contribution in [2.24, 2.45) is 10.5 Å². The Bertz CT molecular complexity index is 657. The van der Waals surface area contributed by atoms with Crippen LogP contribution in [0.3, 0.4) is 0 Å². The van der Waals surface area contributed by atoms with Crippen molar-refractivity contribution in [2.75, 3.05) is 5.43 Å². The zero-order valence-electron chi connectivity index (χ0n) is 12.5. The Kier molecular flexibility index (Phi) is 4.30. The van der Waals surface area contributed by atoms with Gasteiger partial charge in [-0.1, -0.05) is 13.8 Å². The third-order valence-corrected chi connectivity index (χ3v) is 3.42. The average molecular weight is 302 g/mol. The third kappa shape index (κ3) is 3.72. The number of aliphatic hydroxyl groups is 1. The number of carbonyl (C=O) groups is 2. The second-order valence-corrected chi connectivity index (χ2v) is 6.05. The van der Waals surface area contributed by atoms with Gasteiger partial charge in [0.15, 0.2) is 5.78 Å². The number of hydrogen-bond donors (Lipinski definition) is 3. The van der Waals surface area contributed by atoms with Gasteiger partial charge in [0.25, 0.3) is 0 Å². The first-order valence-electron chi connectivity index (χ1n) is 6.86. The highest BCUT2D eigenvalue weighted by atomic mass is 16.4. The number of ketones is 1. The molecule has 1 aliphatic carbocycles. The summed E-state index contributed by atoms with van der Waals surface area (Å²) >= 11 is 0. The van der Waals surface area contributed by atoms with Crippen molar-refractivity contribution in [3.8, 4) is 0 Å². The van der Waals surface area contributed by atoms with Crippen LogP contribution >= 0.6 is 0 Å². The molecule has 2 rings (SSSR count). The van der Waals surface area contributed by atoms with Crippen molar-refractivity contribution in [1.29, 1.82) is 0 Å². The Labute approximate surface area is 128 Å². The number of aliphatic hydroxyl groups excluding tert-OH is 1. The molecule has 6 nitrogen and oxygen atoms in total. The number of carboxylic acid groups (broad SMARTS) is 1. The van der Waals surface area contributed by atoms with Gasteiger partial charge >= 0.3 is 5.97 Å². The highest BCUT2D eigenvalue weighted by Gasteiger charge is 2.32. The van der Waals surface area contributed by atoms with Gasteiger partial charge in [-0.15, -0.1) is 0 Å². The molecular formula is C16H18N2O4. The van der Waals surface area contributed by atoms with Crippen LogP contribution in [0.15, 0.2) is 40.7 Å². The number of aromatic carboxylic acids is 1. The Morgan fingerprint density at radius 3 is 2.45 bits per heavy atom. The largest absolute Gasteiger partial charge is 0.511 e. The molecule has 0 fully saturated rings. The lowest BCUT2D eigenvalue weighted by Crippen LogP contribution is -2.26. The molecule has 1 aliphatic rings. The van der Waals surface area contributed by atoms with E-state index >= 15 is 0 Å². The van der Waals surface area contributed by atoms with Gasteiger partial charge in [0.1, 0.15) is 5.76 Å². The van der Waals surface area contributed by atoms with E-state index in [2.05, 4.69) is 10.5 Å². The normalized spacial score (nSPS) is 17.8. The lowest BCUT2D eigenvalue weighted by molar-refractivity contribution is -0.117. The number of carbonyl (C=O) groups excluding carboxylic acids is 1. The molecule has 22 heavy (non-hydrogen) atoms. The molecule has 0 amide bonds. The summed E-state index contributed by atoms with van der Waals surface area (Å²) < 4.78 is 0. The maximum Gasteiger partial charge on any atom is 0.335 e. The Morgan fingerprint density at radius 1 is 1.27 bits per heavy atom. The number of Topliss-reactive ketones (excluding diaryl/α,β-unsaturated/α-hetero) is 1. The van der Waals surface area contributed by atoms with E-state index in [0.29, 0.717) is 18.5 Å².